The molecule has 2 heterocycles. The third-order valence-electron chi connectivity index (χ3n) is 5.78. The Morgan fingerprint density at radius 3 is 2.59 bits per heavy atom. The summed E-state index contributed by atoms with van der Waals surface area (Å²) < 4.78 is 42.1. The van der Waals surface area contributed by atoms with Gasteiger partial charge in [-0.2, -0.15) is 0 Å². The Balaban J connectivity index is 1.51. The van der Waals surface area contributed by atoms with Crippen molar-refractivity contribution in [2.45, 2.75) is 31.4 Å². The molecule has 0 unspecified atom stereocenters. The zero-order valence-electron chi connectivity index (χ0n) is 17.4. The molecule has 0 spiro atoms. The Labute approximate surface area is 183 Å². The van der Waals surface area contributed by atoms with Gasteiger partial charge in [0.2, 0.25) is 6.41 Å². The van der Waals surface area contributed by atoms with Gasteiger partial charge in [0.25, 0.3) is 0 Å². The van der Waals surface area contributed by atoms with Crippen molar-refractivity contribution in [2.75, 3.05) is 23.3 Å². The third kappa shape index (κ3) is 4.15. The average molecular weight is 441 g/mol. The number of rotatable bonds is 8. The minimum Gasteiger partial charge on any atom is -0.368 e. The zero-order valence-corrected chi connectivity index (χ0v) is 17.4. The second-order valence-corrected chi connectivity index (χ2v) is 7.83. The van der Waals surface area contributed by atoms with Crippen LogP contribution in [0.5, 0.6) is 0 Å². The minimum absolute atomic E-state index is 0.161. The number of benzene rings is 1. The molecular formula is C23H22F3N5O. The summed E-state index contributed by atoms with van der Waals surface area (Å²) >= 11 is 0. The topological polar surface area (TPSA) is 71.0 Å². The molecule has 1 aromatic carbocycles. The second-order valence-electron chi connectivity index (χ2n) is 7.83. The molecule has 0 aliphatic heterocycles. The normalized spacial score (nSPS) is 19.8. The van der Waals surface area contributed by atoms with Gasteiger partial charge in [0.1, 0.15) is 23.6 Å². The van der Waals surface area contributed by atoms with Crippen molar-refractivity contribution in [3.63, 3.8) is 0 Å². The summed E-state index contributed by atoms with van der Waals surface area (Å²) in [6.45, 7) is 2.34. The molecule has 3 aromatic rings. The molecule has 1 aliphatic rings. The van der Waals surface area contributed by atoms with Gasteiger partial charge >= 0.3 is 0 Å². The highest BCUT2D eigenvalue weighted by atomic mass is 19.1. The Hall–Kier alpha value is -3.49. The molecule has 1 amide bonds. The van der Waals surface area contributed by atoms with E-state index in [0.717, 1.165) is 0 Å². The first kappa shape index (κ1) is 21.7. The van der Waals surface area contributed by atoms with Crippen molar-refractivity contribution in [3.05, 3.63) is 66.0 Å². The number of hydrogen-bond acceptors (Lipinski definition) is 5. The maximum Gasteiger partial charge on any atom is 0.214 e. The van der Waals surface area contributed by atoms with Gasteiger partial charge in [-0.15, -0.1) is 10.2 Å². The molecule has 32 heavy (non-hydrogen) atoms. The van der Waals surface area contributed by atoms with Gasteiger partial charge in [-0.1, -0.05) is 0 Å². The molecule has 1 aliphatic carbocycles. The summed E-state index contributed by atoms with van der Waals surface area (Å²) in [7, 11) is 0. The van der Waals surface area contributed by atoms with E-state index < -0.39 is 23.2 Å². The van der Waals surface area contributed by atoms with E-state index in [1.807, 2.05) is 0 Å². The maximum atomic E-state index is 14.3. The summed E-state index contributed by atoms with van der Waals surface area (Å²) in [4.78, 5) is 16.6. The van der Waals surface area contributed by atoms with Crippen LogP contribution in [0.3, 0.4) is 0 Å². The van der Waals surface area contributed by atoms with Gasteiger partial charge in [-0.05, 0) is 62.2 Å². The van der Waals surface area contributed by atoms with E-state index in [0.29, 0.717) is 30.0 Å². The second kappa shape index (κ2) is 8.94. The van der Waals surface area contributed by atoms with Crippen LogP contribution in [0, 0.1) is 11.6 Å². The van der Waals surface area contributed by atoms with Crippen molar-refractivity contribution in [1.82, 2.24) is 15.2 Å². The van der Waals surface area contributed by atoms with E-state index in [1.54, 1.807) is 31.2 Å². The lowest BCUT2D eigenvalue weighted by Gasteiger charge is -2.44. The van der Waals surface area contributed by atoms with Crippen molar-refractivity contribution < 1.29 is 18.0 Å². The molecule has 0 radical (unpaired) electrons. The summed E-state index contributed by atoms with van der Waals surface area (Å²) in [5.74, 6) is -0.518. The molecule has 0 atom stereocenters. The SMILES string of the molecule is CCN(C=O)c1cc(-c2ccc(NCC3(c4ncccc4F)CC(F)C3)nn2)ccc1F. The monoisotopic (exact) mass is 441 g/mol. The molecule has 0 bridgehead atoms. The van der Waals surface area contributed by atoms with E-state index in [9.17, 15) is 18.0 Å². The smallest absolute Gasteiger partial charge is 0.214 e. The van der Waals surface area contributed by atoms with Gasteiger partial charge in [-0.25, -0.2) is 13.2 Å². The number of amides is 1. The van der Waals surface area contributed by atoms with Crippen LogP contribution in [0.4, 0.5) is 24.7 Å². The number of aromatic nitrogens is 3. The molecule has 0 saturated heterocycles. The first-order chi connectivity index (χ1) is 15.5. The summed E-state index contributed by atoms with van der Waals surface area (Å²) in [6, 6.07) is 10.6. The first-order valence-corrected chi connectivity index (χ1v) is 10.3. The van der Waals surface area contributed by atoms with Gasteiger partial charge in [0.15, 0.2) is 0 Å². The van der Waals surface area contributed by atoms with Crippen LogP contribution in [0.2, 0.25) is 0 Å². The number of nitrogens with one attached hydrogen (secondary N) is 1. The van der Waals surface area contributed by atoms with E-state index in [4.69, 9.17) is 0 Å². The number of carbonyl (C=O) groups is 1. The molecule has 9 heteroatoms. The minimum atomic E-state index is -0.992. The fourth-order valence-electron chi connectivity index (χ4n) is 4.02. The zero-order chi connectivity index (χ0) is 22.7. The number of nitrogens with zero attached hydrogens (tertiary/aromatic N) is 4. The van der Waals surface area contributed by atoms with Crippen molar-refractivity contribution >= 4 is 17.9 Å². The average Bonchev–Trinajstić information content (AvgIpc) is 2.79. The summed E-state index contributed by atoms with van der Waals surface area (Å²) in [5, 5.41) is 11.4. The van der Waals surface area contributed by atoms with Crippen LogP contribution in [0.15, 0.2) is 48.7 Å². The molecule has 4 rings (SSSR count). The molecule has 1 N–H and O–H groups in total. The Morgan fingerprint density at radius 2 is 1.97 bits per heavy atom. The number of hydrogen-bond donors (Lipinski definition) is 1. The third-order valence-corrected chi connectivity index (χ3v) is 5.78. The Morgan fingerprint density at radius 1 is 1.16 bits per heavy atom. The molecule has 6 nitrogen and oxygen atoms in total. The summed E-state index contributed by atoms with van der Waals surface area (Å²) in [5.41, 5.74) is 0.772. The number of alkyl halides is 1. The predicted molar refractivity (Wildman–Crippen MR) is 115 cm³/mol. The van der Waals surface area contributed by atoms with Crippen LogP contribution in [0.25, 0.3) is 11.3 Å². The highest BCUT2D eigenvalue weighted by molar-refractivity contribution is 5.78. The highest BCUT2D eigenvalue weighted by Gasteiger charge is 2.48. The van der Waals surface area contributed by atoms with E-state index >= 15 is 0 Å². The van der Waals surface area contributed by atoms with Crippen LogP contribution >= 0.6 is 0 Å². The van der Waals surface area contributed by atoms with Gasteiger partial charge in [-0.3, -0.25) is 9.78 Å². The van der Waals surface area contributed by atoms with Gasteiger partial charge in [0, 0.05) is 30.3 Å². The van der Waals surface area contributed by atoms with Crippen LogP contribution < -0.4 is 10.2 Å². The van der Waals surface area contributed by atoms with Crippen molar-refractivity contribution in [1.29, 1.82) is 0 Å². The Kier molecular flexibility index (Phi) is 6.07. The van der Waals surface area contributed by atoms with Crippen LogP contribution in [-0.4, -0.2) is 40.9 Å². The summed E-state index contributed by atoms with van der Waals surface area (Å²) in [6.07, 6.45) is 1.45. The van der Waals surface area contributed by atoms with E-state index in [1.165, 1.54) is 29.3 Å². The standard InChI is InChI=1S/C23H22F3N5O/c1-2-31(14-32)20-10-15(5-6-17(20)25)19-7-8-21(30-29-19)28-13-23(11-16(24)12-23)22-18(26)4-3-9-27-22/h3-10,14,16H,2,11-13H2,1H3,(H,28,30). The number of pyridine rings is 1. The maximum absolute atomic E-state index is 14.3. The molecule has 1 saturated carbocycles. The van der Waals surface area contributed by atoms with Crippen molar-refractivity contribution in [3.8, 4) is 11.3 Å². The fourth-order valence-corrected chi connectivity index (χ4v) is 4.02. The number of carbonyl (C=O) groups excluding carboxylic acids is 1. The van der Waals surface area contributed by atoms with Crippen molar-refractivity contribution in [2.24, 2.45) is 0 Å². The molecule has 166 valence electrons. The largest absolute Gasteiger partial charge is 0.368 e. The van der Waals surface area contributed by atoms with E-state index in [2.05, 4.69) is 20.5 Å². The lowest BCUT2D eigenvalue weighted by atomic mass is 9.65. The van der Waals surface area contributed by atoms with Crippen LogP contribution in [-0.2, 0) is 10.2 Å². The number of anilines is 2. The lowest BCUT2D eigenvalue weighted by molar-refractivity contribution is -0.107. The van der Waals surface area contributed by atoms with E-state index in [-0.39, 0.29) is 30.8 Å². The van der Waals surface area contributed by atoms with Gasteiger partial charge in [0.05, 0.1) is 17.1 Å². The predicted octanol–water partition coefficient (Wildman–Crippen LogP) is 4.28. The lowest BCUT2D eigenvalue weighted by Crippen LogP contribution is -2.49. The van der Waals surface area contributed by atoms with Crippen LogP contribution in [0.1, 0.15) is 25.5 Å². The molecule has 2 aromatic heterocycles. The molecular weight excluding hydrogens is 419 g/mol. The molecule has 1 fully saturated rings. The van der Waals surface area contributed by atoms with Gasteiger partial charge < -0.3 is 10.2 Å². The first-order valence-electron chi connectivity index (χ1n) is 10.3. The Bertz CT molecular complexity index is 1100. The fraction of sp³-hybridized carbons (Fsp3) is 0.304. The highest BCUT2D eigenvalue weighted by Crippen LogP contribution is 2.45. The number of halogens is 3. The quantitative estimate of drug-likeness (QED) is 0.529.